The van der Waals surface area contributed by atoms with Gasteiger partial charge in [-0.05, 0) is 35.7 Å². The second-order valence-corrected chi connectivity index (χ2v) is 15.6. The molecule has 2 aliphatic heterocycles. The molecule has 3 N–H and O–H groups in total. The van der Waals surface area contributed by atoms with E-state index in [2.05, 4.69) is 28.1 Å². The monoisotopic (exact) mass is 806 g/mol. The summed E-state index contributed by atoms with van der Waals surface area (Å²) in [5.74, 6) is -2.79. The van der Waals surface area contributed by atoms with E-state index in [4.69, 9.17) is 4.74 Å². The van der Waals surface area contributed by atoms with Crippen molar-refractivity contribution in [3.8, 4) is 5.75 Å². The fourth-order valence-electron chi connectivity index (χ4n) is 7.79. The number of anilines is 2. The Hall–Kier alpha value is -5.52. The zero-order chi connectivity index (χ0) is 41.8. The Bertz CT molecular complexity index is 1870. The van der Waals surface area contributed by atoms with Crippen LogP contribution in [0.4, 0.5) is 16.2 Å². The number of ketones is 1. The molecule has 0 saturated carbocycles. The maximum Gasteiger partial charge on any atom is 0.328 e. The molecule has 0 aliphatic carbocycles. The molecule has 2 atom stereocenters. The summed E-state index contributed by atoms with van der Waals surface area (Å²) < 4.78 is 5.53. The van der Waals surface area contributed by atoms with Gasteiger partial charge in [-0.3, -0.25) is 19.2 Å². The topological polar surface area (TPSA) is 150 Å². The first kappa shape index (κ1) is 44.6. The fraction of sp³-hybridized carbons (Fsp3) is 0.489. The van der Waals surface area contributed by atoms with Crippen LogP contribution in [0.3, 0.4) is 0 Å². The average molecular weight is 807 g/mol. The molecule has 59 heavy (non-hydrogen) atoms. The second-order valence-electron chi connectivity index (χ2n) is 15.6. The van der Waals surface area contributed by atoms with Gasteiger partial charge in [0.2, 0.25) is 11.7 Å². The molecular weight excluding hydrogens is 745 g/mol. The number of nitrogens with one attached hydrogen (secondary N) is 3. The number of Topliss-reactive ketones (excluding diaryl/α,β-unsaturated/α-hetero) is 1. The standard InChI is InChI=1S/C47H62N6O6/c1-3-4-5-6-7-8-9-10-11-12-13-14-15-16-23-28-41(54)49-37-29-30-40(59-2)39(31-37)50-46(57)44(45(56)43-38(32-48-51-43)36-26-21-18-22-27-36)53-42(55)34-52(47(53)58)33-35-24-19-17-20-25-35/h17-22,24-27,29-31,38,44,48H,3-16,23,28,32-34H2,1-2H3,(H,49,54)(H,50,57). The van der Waals surface area contributed by atoms with Crippen LogP contribution in [0.25, 0.3) is 0 Å². The van der Waals surface area contributed by atoms with Crippen LogP contribution in [0.1, 0.15) is 127 Å². The number of nitrogens with zero attached hydrogens (tertiary/aromatic N) is 3. The Kier molecular flexibility index (Phi) is 18.0. The number of urea groups is 1. The molecule has 5 rings (SSSR count). The lowest BCUT2D eigenvalue weighted by atomic mass is 9.89. The number of carbonyl (C=O) groups excluding carboxylic acids is 5. The SMILES string of the molecule is CCCCCCCCCCCCCCCCCC(=O)Nc1ccc(OC)c(NC(=O)C(C(=O)C2=NNCC2c2ccccc2)N2C(=O)CN(Cc3ccccc3)C2=O)c1. The number of hydrazone groups is 1. The highest BCUT2D eigenvalue weighted by Gasteiger charge is 2.49. The molecule has 3 aromatic carbocycles. The molecule has 0 spiro atoms. The molecule has 1 saturated heterocycles. The van der Waals surface area contributed by atoms with Gasteiger partial charge in [-0.25, -0.2) is 9.69 Å². The summed E-state index contributed by atoms with van der Waals surface area (Å²) >= 11 is 0. The lowest BCUT2D eigenvalue weighted by Crippen LogP contribution is -2.54. The number of unbranched alkanes of at least 4 members (excludes halogenated alkanes) is 14. The third kappa shape index (κ3) is 13.2. The van der Waals surface area contributed by atoms with Gasteiger partial charge in [0, 0.05) is 25.2 Å². The highest BCUT2D eigenvalue weighted by molar-refractivity contribution is 6.48. The van der Waals surface area contributed by atoms with Gasteiger partial charge >= 0.3 is 6.03 Å². The van der Waals surface area contributed by atoms with Gasteiger partial charge in [0.1, 0.15) is 18.0 Å². The third-order valence-corrected chi connectivity index (χ3v) is 11.1. The van der Waals surface area contributed by atoms with Gasteiger partial charge in [0.15, 0.2) is 6.04 Å². The van der Waals surface area contributed by atoms with Crippen molar-refractivity contribution in [2.24, 2.45) is 5.10 Å². The highest BCUT2D eigenvalue weighted by atomic mass is 16.5. The van der Waals surface area contributed by atoms with E-state index in [1.54, 1.807) is 18.2 Å². The van der Waals surface area contributed by atoms with E-state index in [1.807, 2.05) is 60.7 Å². The average Bonchev–Trinajstić information content (AvgIpc) is 3.84. The molecule has 5 amide bonds. The Balaban J connectivity index is 1.18. The van der Waals surface area contributed by atoms with Gasteiger partial charge < -0.3 is 25.7 Å². The van der Waals surface area contributed by atoms with Crippen molar-refractivity contribution < 1.29 is 28.7 Å². The predicted molar refractivity (Wildman–Crippen MR) is 232 cm³/mol. The van der Waals surface area contributed by atoms with Crippen LogP contribution in [-0.4, -0.2) is 71.3 Å². The summed E-state index contributed by atoms with van der Waals surface area (Å²) in [4.78, 5) is 71.3. The lowest BCUT2D eigenvalue weighted by molar-refractivity contribution is -0.137. The summed E-state index contributed by atoms with van der Waals surface area (Å²) in [6, 6.07) is 20.6. The van der Waals surface area contributed by atoms with Gasteiger partial charge in [-0.15, -0.1) is 0 Å². The Morgan fingerprint density at radius 2 is 1.37 bits per heavy atom. The van der Waals surface area contributed by atoms with E-state index in [9.17, 15) is 24.0 Å². The van der Waals surface area contributed by atoms with Crippen molar-refractivity contribution in [2.75, 3.05) is 30.8 Å². The molecule has 1 fully saturated rings. The number of ether oxygens (including phenoxy) is 1. The predicted octanol–water partition coefficient (Wildman–Crippen LogP) is 8.98. The molecule has 12 nitrogen and oxygen atoms in total. The van der Waals surface area contributed by atoms with Gasteiger partial charge in [-0.2, -0.15) is 5.10 Å². The number of amides is 5. The first-order chi connectivity index (χ1) is 28.8. The van der Waals surface area contributed by atoms with Crippen molar-refractivity contribution in [1.29, 1.82) is 0 Å². The summed E-state index contributed by atoms with van der Waals surface area (Å²) in [7, 11) is 1.43. The molecule has 0 radical (unpaired) electrons. The molecule has 2 heterocycles. The number of rotatable bonds is 26. The molecule has 2 aliphatic rings. The maximum absolute atomic E-state index is 14.5. The zero-order valence-corrected chi connectivity index (χ0v) is 34.9. The summed E-state index contributed by atoms with van der Waals surface area (Å²) in [5, 5.41) is 9.92. The Labute approximate surface area is 349 Å². The maximum atomic E-state index is 14.5. The van der Waals surface area contributed by atoms with Crippen LogP contribution in [0.2, 0.25) is 0 Å². The van der Waals surface area contributed by atoms with Crippen LogP contribution in [0, 0.1) is 0 Å². The largest absolute Gasteiger partial charge is 0.495 e. The Morgan fingerprint density at radius 1 is 0.780 bits per heavy atom. The number of hydrogen-bond donors (Lipinski definition) is 3. The summed E-state index contributed by atoms with van der Waals surface area (Å²) in [6.45, 7) is 2.37. The molecule has 2 unspecified atom stereocenters. The van der Waals surface area contributed by atoms with E-state index in [0.717, 1.165) is 35.3 Å². The molecule has 3 aromatic rings. The minimum absolute atomic E-state index is 0.0326. The number of benzene rings is 3. The minimum Gasteiger partial charge on any atom is -0.495 e. The smallest absolute Gasteiger partial charge is 0.328 e. The van der Waals surface area contributed by atoms with Crippen molar-refractivity contribution in [3.05, 3.63) is 90.0 Å². The summed E-state index contributed by atoms with van der Waals surface area (Å²) in [5.41, 5.74) is 5.06. The molecular formula is C47H62N6O6. The first-order valence-electron chi connectivity index (χ1n) is 21.6. The van der Waals surface area contributed by atoms with Crippen LogP contribution < -0.4 is 20.8 Å². The highest BCUT2D eigenvalue weighted by Crippen LogP contribution is 2.30. The van der Waals surface area contributed by atoms with Gasteiger partial charge in [-0.1, -0.05) is 157 Å². The van der Waals surface area contributed by atoms with E-state index < -0.39 is 35.6 Å². The van der Waals surface area contributed by atoms with Crippen molar-refractivity contribution in [2.45, 2.75) is 128 Å². The van der Waals surface area contributed by atoms with Gasteiger partial charge in [0.25, 0.3) is 11.8 Å². The number of methoxy groups -OCH3 is 1. The minimum atomic E-state index is -1.87. The quantitative estimate of drug-likeness (QED) is 0.0417. The normalized spacial score (nSPS) is 15.5. The second kappa shape index (κ2) is 23.8. The van der Waals surface area contributed by atoms with Crippen LogP contribution >= 0.6 is 0 Å². The lowest BCUT2D eigenvalue weighted by Gasteiger charge is -2.26. The molecule has 316 valence electrons. The van der Waals surface area contributed by atoms with Crippen molar-refractivity contribution in [3.63, 3.8) is 0 Å². The number of hydrogen-bond acceptors (Lipinski definition) is 8. The van der Waals surface area contributed by atoms with Crippen LogP contribution in [0.5, 0.6) is 5.75 Å². The van der Waals surface area contributed by atoms with E-state index in [0.29, 0.717) is 18.7 Å². The van der Waals surface area contributed by atoms with E-state index in [1.165, 1.54) is 89.1 Å². The molecule has 0 bridgehead atoms. The van der Waals surface area contributed by atoms with Crippen molar-refractivity contribution in [1.82, 2.24) is 15.2 Å². The van der Waals surface area contributed by atoms with E-state index >= 15 is 0 Å². The number of imide groups is 1. The van der Waals surface area contributed by atoms with Crippen molar-refractivity contribution >= 4 is 46.6 Å². The zero-order valence-electron chi connectivity index (χ0n) is 34.9. The van der Waals surface area contributed by atoms with Crippen LogP contribution in [-0.2, 0) is 25.7 Å². The summed E-state index contributed by atoms with van der Waals surface area (Å²) in [6.07, 6.45) is 19.0. The van der Waals surface area contributed by atoms with E-state index in [-0.39, 0.29) is 36.1 Å². The third-order valence-electron chi connectivity index (χ3n) is 11.1. The Morgan fingerprint density at radius 3 is 1.98 bits per heavy atom. The van der Waals surface area contributed by atoms with Crippen LogP contribution in [0.15, 0.2) is 84.0 Å². The first-order valence-corrected chi connectivity index (χ1v) is 21.6. The number of carbonyl (C=O) groups is 5. The molecule has 12 heteroatoms. The fourth-order valence-corrected chi connectivity index (χ4v) is 7.79. The van der Waals surface area contributed by atoms with Gasteiger partial charge in [0.05, 0.1) is 18.7 Å². The molecule has 0 aromatic heterocycles.